The number of nitrogens with zero attached hydrogens (tertiary/aromatic N) is 1. The lowest BCUT2D eigenvalue weighted by atomic mass is 9.71. The minimum absolute atomic E-state index is 0.0464. The van der Waals surface area contributed by atoms with E-state index in [-0.39, 0.29) is 42.9 Å². The normalized spacial score (nSPS) is 30.2. The first-order chi connectivity index (χ1) is 18.3. The van der Waals surface area contributed by atoms with Crippen LogP contribution in [0.1, 0.15) is 82.2 Å². The molecule has 1 aliphatic heterocycles. The summed E-state index contributed by atoms with van der Waals surface area (Å²) in [6, 6.07) is 1.79. The van der Waals surface area contributed by atoms with Crippen LogP contribution in [0.25, 0.3) is 0 Å². The van der Waals surface area contributed by atoms with E-state index in [0.717, 1.165) is 12.1 Å². The summed E-state index contributed by atoms with van der Waals surface area (Å²) in [5.41, 5.74) is -3.42. The fourth-order valence-electron chi connectivity index (χ4n) is 6.14. The highest BCUT2D eigenvalue weighted by molar-refractivity contribution is 6.32. The molecule has 210 valence electrons. The number of benzene rings is 2. The lowest BCUT2D eigenvalue weighted by molar-refractivity contribution is -0.276. The van der Waals surface area contributed by atoms with Crippen molar-refractivity contribution < 1.29 is 49.7 Å². The van der Waals surface area contributed by atoms with E-state index in [2.05, 4.69) is 0 Å². The fraction of sp³-hybridized carbons (Fsp3) is 0.500. The molecule has 6 atom stereocenters. The zero-order valence-corrected chi connectivity index (χ0v) is 22.1. The first kappa shape index (κ1) is 27.4. The van der Waals surface area contributed by atoms with Gasteiger partial charge in [-0.25, -0.2) is 0 Å². The number of hydrogen-bond donors (Lipinski definition) is 6. The number of phenols is 4. The Kier molecular flexibility index (Phi) is 6.63. The lowest BCUT2D eigenvalue weighted by Gasteiger charge is -2.46. The van der Waals surface area contributed by atoms with Gasteiger partial charge in [0.05, 0.1) is 40.1 Å². The summed E-state index contributed by atoms with van der Waals surface area (Å²) in [4.78, 5) is 28.8. The predicted molar refractivity (Wildman–Crippen MR) is 136 cm³/mol. The van der Waals surface area contributed by atoms with Gasteiger partial charge in [0.15, 0.2) is 6.29 Å². The van der Waals surface area contributed by atoms with Crippen molar-refractivity contribution in [1.82, 2.24) is 4.90 Å². The van der Waals surface area contributed by atoms with Gasteiger partial charge in [-0.05, 0) is 52.4 Å². The third-order valence-electron chi connectivity index (χ3n) is 8.46. The number of phenolic OH excluding ortho intramolecular Hbond substituents is 4. The number of rotatable bonds is 4. The molecule has 3 aliphatic rings. The van der Waals surface area contributed by atoms with Crippen LogP contribution in [-0.2, 0) is 15.9 Å². The first-order valence-electron chi connectivity index (χ1n) is 12.9. The van der Waals surface area contributed by atoms with E-state index in [4.69, 9.17) is 9.47 Å². The van der Waals surface area contributed by atoms with Gasteiger partial charge in [-0.15, -0.1) is 0 Å². The van der Waals surface area contributed by atoms with Crippen LogP contribution in [0, 0.1) is 0 Å². The number of likely N-dealkylation sites (N-methyl/N-ethyl adjacent to an activating group) is 1. The summed E-state index contributed by atoms with van der Waals surface area (Å²) >= 11 is 0. The molecule has 6 N–H and O–H groups in total. The molecule has 1 heterocycles. The molecule has 0 aromatic heterocycles. The van der Waals surface area contributed by atoms with Crippen molar-refractivity contribution in [2.45, 2.75) is 75.8 Å². The van der Waals surface area contributed by atoms with Crippen LogP contribution in [0.15, 0.2) is 12.1 Å². The molecule has 1 saturated heterocycles. The second-order valence-corrected chi connectivity index (χ2v) is 10.9. The second kappa shape index (κ2) is 9.46. The largest absolute Gasteiger partial charge is 0.507 e. The third-order valence-corrected chi connectivity index (χ3v) is 8.46. The minimum Gasteiger partial charge on any atom is -0.507 e. The molecule has 11 nitrogen and oxygen atoms in total. The SMILES string of the molecule is CCC1(O)CCc2c(O)c3c(c(O)c2C1OC1CC(N(C)C)C(O)C(C)O1)C(=O)c1c(O)ccc(O)c1C3=O. The Balaban J connectivity index is 1.67. The number of aliphatic hydroxyl groups excluding tert-OH is 1. The van der Waals surface area contributed by atoms with Crippen LogP contribution in [0.2, 0.25) is 0 Å². The van der Waals surface area contributed by atoms with E-state index in [0.29, 0.717) is 0 Å². The molecule has 1 fully saturated rings. The maximum atomic E-state index is 13.6. The summed E-state index contributed by atoms with van der Waals surface area (Å²) in [5, 5.41) is 65.7. The van der Waals surface area contributed by atoms with Gasteiger partial charge in [-0.2, -0.15) is 0 Å². The zero-order valence-electron chi connectivity index (χ0n) is 22.1. The molecule has 2 aromatic rings. The Morgan fingerprint density at radius 2 is 1.56 bits per heavy atom. The van der Waals surface area contributed by atoms with Crippen LogP contribution in [0.3, 0.4) is 0 Å². The van der Waals surface area contributed by atoms with Gasteiger partial charge in [-0.1, -0.05) is 6.92 Å². The number of ketones is 2. The Morgan fingerprint density at radius 3 is 2.10 bits per heavy atom. The van der Waals surface area contributed by atoms with E-state index in [1.54, 1.807) is 13.8 Å². The number of ether oxygens (including phenoxy) is 2. The molecule has 0 saturated carbocycles. The summed E-state index contributed by atoms with van der Waals surface area (Å²) in [5.74, 6) is -4.23. The van der Waals surface area contributed by atoms with Crippen LogP contribution in [0.4, 0.5) is 0 Å². The first-order valence-corrected chi connectivity index (χ1v) is 12.9. The average molecular weight is 544 g/mol. The van der Waals surface area contributed by atoms with Gasteiger partial charge in [0.25, 0.3) is 0 Å². The zero-order chi connectivity index (χ0) is 28.5. The van der Waals surface area contributed by atoms with E-state index < -0.39 is 87.0 Å². The molecule has 2 aromatic carbocycles. The van der Waals surface area contributed by atoms with Crippen LogP contribution in [-0.4, -0.2) is 91.3 Å². The Labute approximate surface area is 224 Å². The van der Waals surface area contributed by atoms with E-state index in [1.807, 2.05) is 19.0 Å². The van der Waals surface area contributed by atoms with Crippen molar-refractivity contribution in [2.75, 3.05) is 14.1 Å². The van der Waals surface area contributed by atoms with Gasteiger partial charge >= 0.3 is 0 Å². The molecule has 2 aliphatic carbocycles. The molecule has 39 heavy (non-hydrogen) atoms. The van der Waals surface area contributed by atoms with Crippen LogP contribution < -0.4 is 0 Å². The van der Waals surface area contributed by atoms with Gasteiger partial charge in [0.1, 0.15) is 29.1 Å². The van der Waals surface area contributed by atoms with Crippen molar-refractivity contribution in [2.24, 2.45) is 0 Å². The summed E-state index contributed by atoms with van der Waals surface area (Å²) in [7, 11) is 3.62. The molecular formula is C28H33NO10. The smallest absolute Gasteiger partial charge is 0.202 e. The Hall–Kier alpha value is -3.22. The number of hydrogen-bond acceptors (Lipinski definition) is 11. The average Bonchev–Trinajstić information content (AvgIpc) is 2.88. The van der Waals surface area contributed by atoms with Crippen molar-refractivity contribution in [3.63, 3.8) is 0 Å². The fourth-order valence-corrected chi connectivity index (χ4v) is 6.14. The van der Waals surface area contributed by atoms with Crippen molar-refractivity contribution in [3.05, 3.63) is 45.5 Å². The molecular weight excluding hydrogens is 510 g/mol. The number of aliphatic hydroxyl groups is 2. The van der Waals surface area contributed by atoms with E-state index >= 15 is 0 Å². The van der Waals surface area contributed by atoms with Gasteiger partial charge in [0.2, 0.25) is 11.6 Å². The van der Waals surface area contributed by atoms with Crippen molar-refractivity contribution >= 4 is 11.6 Å². The number of carbonyl (C=O) groups excluding carboxylic acids is 2. The Morgan fingerprint density at radius 1 is 1.00 bits per heavy atom. The molecule has 0 radical (unpaired) electrons. The number of aromatic hydroxyl groups is 4. The summed E-state index contributed by atoms with van der Waals surface area (Å²) < 4.78 is 12.2. The third kappa shape index (κ3) is 3.99. The number of fused-ring (bicyclic) bond motifs is 3. The monoisotopic (exact) mass is 543 g/mol. The molecule has 0 amide bonds. The molecule has 5 rings (SSSR count). The van der Waals surface area contributed by atoms with Crippen LogP contribution in [0.5, 0.6) is 23.0 Å². The lowest BCUT2D eigenvalue weighted by Crippen LogP contribution is -2.54. The topological polar surface area (TPSA) is 177 Å². The van der Waals surface area contributed by atoms with Gasteiger partial charge < -0.3 is 45.0 Å². The van der Waals surface area contributed by atoms with Gasteiger partial charge in [0, 0.05) is 23.6 Å². The van der Waals surface area contributed by atoms with Crippen LogP contribution >= 0.6 is 0 Å². The predicted octanol–water partition coefficient (Wildman–Crippen LogP) is 1.86. The molecule has 0 spiro atoms. The highest BCUT2D eigenvalue weighted by Gasteiger charge is 2.50. The minimum atomic E-state index is -1.53. The maximum absolute atomic E-state index is 13.6. The highest BCUT2D eigenvalue weighted by atomic mass is 16.7. The van der Waals surface area contributed by atoms with E-state index in [9.17, 15) is 40.2 Å². The van der Waals surface area contributed by atoms with Crippen molar-refractivity contribution in [1.29, 1.82) is 0 Å². The maximum Gasteiger partial charge on any atom is 0.202 e. The highest BCUT2D eigenvalue weighted by Crippen LogP contribution is 2.54. The molecule has 6 unspecified atom stereocenters. The standard InChI is InChI=1S/C28H33NO10/c1-5-28(37)9-8-12-17(27(28)39-16-10-13(29(3)4)22(32)11(2)38-16)24(34)21-20(23(12)33)25(35)18-14(30)6-7-15(31)19(18)26(21)36/h6-7,11,13,16,22,27,30-34,37H,5,8-10H2,1-4H3. The molecule has 0 bridgehead atoms. The number of carbonyl (C=O) groups is 2. The van der Waals surface area contributed by atoms with Crippen molar-refractivity contribution in [3.8, 4) is 23.0 Å². The summed E-state index contributed by atoms with van der Waals surface area (Å²) in [6.45, 7) is 3.43. The second-order valence-electron chi connectivity index (χ2n) is 10.9. The summed E-state index contributed by atoms with van der Waals surface area (Å²) in [6.07, 6.45) is -2.97. The van der Waals surface area contributed by atoms with E-state index in [1.165, 1.54) is 0 Å². The quantitative estimate of drug-likeness (QED) is 0.265. The van der Waals surface area contributed by atoms with Gasteiger partial charge in [-0.3, -0.25) is 9.59 Å². The Bertz CT molecular complexity index is 1370. The molecule has 11 heteroatoms.